The van der Waals surface area contributed by atoms with Crippen LogP contribution >= 0.6 is 0 Å². The minimum absolute atomic E-state index is 0.287. The molecule has 2 unspecified atom stereocenters. The van der Waals surface area contributed by atoms with E-state index in [0.29, 0.717) is 0 Å². The summed E-state index contributed by atoms with van der Waals surface area (Å²) in [4.78, 5) is 20.8. The number of rotatable bonds is 3. The number of hydrogen-bond acceptors (Lipinski definition) is 4. The molecule has 2 atom stereocenters. The van der Waals surface area contributed by atoms with Crippen LogP contribution in [0, 0.1) is 10.1 Å². The molecule has 1 heterocycles. The summed E-state index contributed by atoms with van der Waals surface area (Å²) in [5.41, 5.74) is -1.01. The van der Waals surface area contributed by atoms with E-state index in [4.69, 9.17) is 4.74 Å². The van der Waals surface area contributed by atoms with E-state index in [2.05, 4.69) is 0 Å². The zero-order valence-electron chi connectivity index (χ0n) is 6.67. The Bertz CT molecular complexity index is 333. The fourth-order valence-electron chi connectivity index (χ4n) is 1.41. The average molecular weight is 181 g/mol. The largest absolute Gasteiger partial charge is 0.348 e. The Kier molecular flexibility index (Phi) is 1.56. The first kappa shape index (κ1) is 8.12. The van der Waals surface area contributed by atoms with Gasteiger partial charge in [0.15, 0.2) is 5.60 Å². The van der Waals surface area contributed by atoms with Gasteiger partial charge in [-0.25, -0.2) is 0 Å². The van der Waals surface area contributed by atoms with Crippen LogP contribution < -0.4 is 0 Å². The van der Waals surface area contributed by atoms with Crippen molar-refractivity contribution in [3.8, 4) is 0 Å². The topological polar surface area (TPSA) is 72.7 Å². The second-order valence-electron chi connectivity index (χ2n) is 2.99. The normalized spacial score (nSPS) is 34.0. The van der Waals surface area contributed by atoms with Gasteiger partial charge in [0.1, 0.15) is 6.10 Å². The molecule has 68 valence electrons. The maximum Gasteiger partial charge on any atom is 0.264 e. The summed E-state index contributed by atoms with van der Waals surface area (Å²) in [5, 5.41) is 10.1. The number of allylic oxidation sites excluding steroid dienone is 2. The van der Waals surface area contributed by atoms with Crippen LogP contribution in [-0.2, 0) is 9.53 Å². The lowest BCUT2D eigenvalue weighted by molar-refractivity contribution is -0.467. The minimum Gasteiger partial charge on any atom is -0.348 e. The third-order valence-electron chi connectivity index (χ3n) is 2.14. The highest BCUT2D eigenvalue weighted by Gasteiger charge is 2.60. The highest BCUT2D eigenvalue weighted by atomic mass is 16.6. The van der Waals surface area contributed by atoms with E-state index in [0.717, 1.165) is 0 Å². The molecule has 0 aromatic carbocycles. The standard InChI is InChI=1S/C8H7NO4/c10-6(5-9(11)12)8-4-2-1-3-7(8)13-8/h1-4,7H,5H2. The predicted octanol–water partition coefficient (Wildman–Crippen LogP) is 0.0958. The third-order valence-corrected chi connectivity index (χ3v) is 2.14. The van der Waals surface area contributed by atoms with Crippen LogP contribution in [0.25, 0.3) is 0 Å². The average Bonchev–Trinajstić information content (AvgIpc) is 2.77. The number of nitro groups is 1. The maximum absolute atomic E-state index is 11.3. The summed E-state index contributed by atoms with van der Waals surface area (Å²) in [6.45, 7) is -0.672. The van der Waals surface area contributed by atoms with Crippen molar-refractivity contribution in [2.75, 3.05) is 6.54 Å². The first-order chi connectivity index (χ1) is 6.15. The molecule has 1 fully saturated rings. The first-order valence-electron chi connectivity index (χ1n) is 3.84. The molecule has 0 amide bonds. The second kappa shape index (κ2) is 2.50. The van der Waals surface area contributed by atoms with E-state index < -0.39 is 22.9 Å². The molecule has 0 radical (unpaired) electrons. The van der Waals surface area contributed by atoms with Gasteiger partial charge in [0.2, 0.25) is 5.78 Å². The Morgan fingerprint density at radius 2 is 2.38 bits per heavy atom. The Labute approximate surface area is 73.8 Å². The van der Waals surface area contributed by atoms with Crippen LogP contribution in [-0.4, -0.2) is 29.0 Å². The van der Waals surface area contributed by atoms with Gasteiger partial charge in [-0.15, -0.1) is 0 Å². The zero-order valence-corrected chi connectivity index (χ0v) is 6.67. The zero-order chi connectivity index (χ0) is 9.47. The van der Waals surface area contributed by atoms with E-state index in [1.807, 2.05) is 0 Å². The number of hydrogen-bond donors (Lipinski definition) is 0. The van der Waals surface area contributed by atoms with E-state index in [1.54, 1.807) is 24.3 Å². The maximum atomic E-state index is 11.3. The number of Topliss-reactive ketones (excluding diaryl/α,β-unsaturated/α-hetero) is 1. The van der Waals surface area contributed by atoms with E-state index >= 15 is 0 Å². The molecular formula is C8H7NO4. The van der Waals surface area contributed by atoms with Crippen LogP contribution in [0.3, 0.4) is 0 Å². The second-order valence-corrected chi connectivity index (χ2v) is 2.99. The summed E-state index contributed by atoms with van der Waals surface area (Å²) in [5.74, 6) is -0.483. The number of carbonyl (C=O) groups is 1. The van der Waals surface area contributed by atoms with Gasteiger partial charge in [0.25, 0.3) is 6.54 Å². The summed E-state index contributed by atoms with van der Waals surface area (Å²) in [6, 6.07) is 0. The number of epoxide rings is 1. The molecule has 2 rings (SSSR count). The molecule has 13 heavy (non-hydrogen) atoms. The molecule has 5 nitrogen and oxygen atoms in total. The van der Waals surface area contributed by atoms with Gasteiger partial charge in [-0.1, -0.05) is 18.2 Å². The van der Waals surface area contributed by atoms with Crippen molar-refractivity contribution in [1.82, 2.24) is 0 Å². The Morgan fingerprint density at radius 1 is 1.62 bits per heavy atom. The van der Waals surface area contributed by atoms with Crippen molar-refractivity contribution >= 4 is 5.78 Å². The molecule has 0 aromatic rings. The summed E-state index contributed by atoms with van der Waals surface area (Å²) >= 11 is 0. The van der Waals surface area contributed by atoms with E-state index in [-0.39, 0.29) is 6.10 Å². The molecule has 0 spiro atoms. The van der Waals surface area contributed by atoms with Crippen molar-refractivity contribution in [1.29, 1.82) is 0 Å². The third kappa shape index (κ3) is 1.17. The molecule has 0 saturated carbocycles. The van der Waals surface area contributed by atoms with Gasteiger partial charge < -0.3 is 4.74 Å². The molecule has 5 heteroatoms. The Morgan fingerprint density at radius 3 is 3.00 bits per heavy atom. The van der Waals surface area contributed by atoms with Gasteiger partial charge >= 0.3 is 0 Å². The number of fused-ring (bicyclic) bond motifs is 1. The predicted molar refractivity (Wildman–Crippen MR) is 42.8 cm³/mol. The molecule has 1 aliphatic carbocycles. The number of carbonyl (C=O) groups excluding carboxylic acids is 1. The molecule has 0 aromatic heterocycles. The number of ketones is 1. The van der Waals surface area contributed by atoms with Gasteiger partial charge in [-0.05, 0) is 6.08 Å². The lowest BCUT2D eigenvalue weighted by atomic mass is 9.96. The molecule has 0 N–H and O–H groups in total. The van der Waals surface area contributed by atoms with Gasteiger partial charge in [-0.2, -0.15) is 0 Å². The molecule has 1 aliphatic heterocycles. The minimum atomic E-state index is -1.01. The van der Waals surface area contributed by atoms with Crippen LogP contribution in [0.4, 0.5) is 0 Å². The highest BCUT2D eigenvalue weighted by Crippen LogP contribution is 2.41. The van der Waals surface area contributed by atoms with Crippen molar-refractivity contribution in [3.05, 3.63) is 34.4 Å². The summed E-state index contributed by atoms with van der Waals surface area (Å²) < 4.78 is 5.10. The fraction of sp³-hybridized carbons (Fsp3) is 0.375. The van der Waals surface area contributed by atoms with E-state index in [1.165, 1.54) is 0 Å². The van der Waals surface area contributed by atoms with Crippen molar-refractivity contribution in [2.45, 2.75) is 11.7 Å². The molecule has 2 aliphatic rings. The molecule has 1 saturated heterocycles. The van der Waals surface area contributed by atoms with Gasteiger partial charge in [0.05, 0.1) is 0 Å². The smallest absolute Gasteiger partial charge is 0.264 e. The number of nitrogens with zero attached hydrogens (tertiary/aromatic N) is 1. The van der Waals surface area contributed by atoms with Crippen LogP contribution in [0.15, 0.2) is 24.3 Å². The van der Waals surface area contributed by atoms with Crippen molar-refractivity contribution in [2.24, 2.45) is 0 Å². The van der Waals surface area contributed by atoms with Crippen LogP contribution in [0.2, 0.25) is 0 Å². The Hall–Kier alpha value is -1.49. The van der Waals surface area contributed by atoms with Crippen LogP contribution in [0.5, 0.6) is 0 Å². The van der Waals surface area contributed by atoms with Crippen LogP contribution in [0.1, 0.15) is 0 Å². The lowest BCUT2D eigenvalue weighted by Crippen LogP contribution is -2.31. The SMILES string of the molecule is O=C(C[N+](=O)[O-])C12C=CC=CC1O2. The number of ether oxygens (including phenoxy) is 1. The van der Waals surface area contributed by atoms with E-state index in [9.17, 15) is 14.9 Å². The molecule has 0 bridgehead atoms. The Balaban J connectivity index is 2.11. The molecular weight excluding hydrogens is 174 g/mol. The van der Waals surface area contributed by atoms with Crippen molar-refractivity contribution < 1.29 is 14.5 Å². The lowest BCUT2D eigenvalue weighted by Gasteiger charge is -2.03. The summed E-state index contributed by atoms with van der Waals surface area (Å²) in [7, 11) is 0. The summed E-state index contributed by atoms with van der Waals surface area (Å²) in [6.07, 6.45) is 6.43. The first-order valence-corrected chi connectivity index (χ1v) is 3.84. The van der Waals surface area contributed by atoms with Crippen molar-refractivity contribution in [3.63, 3.8) is 0 Å². The monoisotopic (exact) mass is 181 g/mol. The highest BCUT2D eigenvalue weighted by molar-refractivity contribution is 5.94. The van der Waals surface area contributed by atoms with Gasteiger partial charge in [0, 0.05) is 4.92 Å². The van der Waals surface area contributed by atoms with Gasteiger partial charge in [-0.3, -0.25) is 14.9 Å². The quantitative estimate of drug-likeness (QED) is 0.351. The fourth-order valence-corrected chi connectivity index (χ4v) is 1.41.